The van der Waals surface area contributed by atoms with Gasteiger partial charge in [-0.05, 0) is 25.6 Å². The first kappa shape index (κ1) is 14.5. The van der Waals surface area contributed by atoms with Crippen LogP contribution < -0.4 is 10.9 Å². The molecule has 3 aromatic heterocycles. The van der Waals surface area contributed by atoms with E-state index in [2.05, 4.69) is 32.1 Å². The fourth-order valence-electron chi connectivity index (χ4n) is 2.39. The van der Waals surface area contributed by atoms with Crippen molar-refractivity contribution in [1.82, 2.24) is 25.5 Å². The normalized spacial score (nSPS) is 12.5. The van der Waals surface area contributed by atoms with E-state index in [0.717, 1.165) is 22.6 Å². The first-order chi connectivity index (χ1) is 10.6. The molecular weight excluding hydrogens is 298 g/mol. The Morgan fingerprint density at radius 3 is 3.00 bits per heavy atom. The molecule has 0 amide bonds. The lowest BCUT2D eigenvalue weighted by atomic mass is 10.2. The van der Waals surface area contributed by atoms with Crippen molar-refractivity contribution in [1.29, 1.82) is 0 Å². The molecule has 3 N–H and O–H groups in total. The molecule has 0 radical (unpaired) electrons. The molecule has 6 nitrogen and oxygen atoms in total. The smallest absolute Gasteiger partial charge is 0.268 e. The fourth-order valence-corrected chi connectivity index (χ4v) is 3.45. The molecule has 114 valence electrons. The SMILES string of the molecule is C=CN[C@@H](CC)c1nc2cc(-c3cn[nH]c3C)sc2c(=O)[nH]1. The fraction of sp³-hybridized carbons (Fsp3) is 0.267. The molecule has 0 aromatic carbocycles. The lowest BCUT2D eigenvalue weighted by molar-refractivity contribution is 0.568. The van der Waals surface area contributed by atoms with Gasteiger partial charge in [0, 0.05) is 16.1 Å². The summed E-state index contributed by atoms with van der Waals surface area (Å²) in [7, 11) is 0. The third kappa shape index (κ3) is 2.43. The molecule has 3 heterocycles. The molecule has 3 rings (SSSR count). The quantitative estimate of drug-likeness (QED) is 0.675. The van der Waals surface area contributed by atoms with E-state index >= 15 is 0 Å². The van der Waals surface area contributed by atoms with E-state index in [1.807, 2.05) is 19.9 Å². The van der Waals surface area contributed by atoms with E-state index < -0.39 is 0 Å². The highest BCUT2D eigenvalue weighted by Gasteiger charge is 2.16. The van der Waals surface area contributed by atoms with Gasteiger partial charge in [-0.3, -0.25) is 9.89 Å². The predicted octanol–water partition coefficient (Wildman–Crippen LogP) is 2.87. The Balaban J connectivity index is 2.13. The van der Waals surface area contributed by atoms with Crippen LogP contribution in [-0.2, 0) is 0 Å². The first-order valence-electron chi connectivity index (χ1n) is 7.05. The average Bonchev–Trinajstić information content (AvgIpc) is 3.10. The van der Waals surface area contributed by atoms with E-state index in [9.17, 15) is 4.79 Å². The van der Waals surface area contributed by atoms with Crippen LogP contribution in [0.2, 0.25) is 0 Å². The van der Waals surface area contributed by atoms with Crippen LogP contribution in [0, 0.1) is 6.92 Å². The minimum atomic E-state index is -0.110. The van der Waals surface area contributed by atoms with Crippen molar-refractivity contribution in [2.45, 2.75) is 26.3 Å². The highest BCUT2D eigenvalue weighted by atomic mass is 32.1. The highest BCUT2D eigenvalue weighted by molar-refractivity contribution is 7.22. The maximum Gasteiger partial charge on any atom is 0.268 e. The van der Waals surface area contributed by atoms with Crippen molar-refractivity contribution < 1.29 is 0 Å². The Morgan fingerprint density at radius 1 is 1.55 bits per heavy atom. The summed E-state index contributed by atoms with van der Waals surface area (Å²) in [6.07, 6.45) is 4.19. The van der Waals surface area contributed by atoms with Gasteiger partial charge in [-0.15, -0.1) is 11.3 Å². The second-order valence-electron chi connectivity index (χ2n) is 5.02. The monoisotopic (exact) mass is 315 g/mol. The number of rotatable bonds is 5. The van der Waals surface area contributed by atoms with Crippen LogP contribution in [0.4, 0.5) is 0 Å². The predicted molar refractivity (Wildman–Crippen MR) is 88.9 cm³/mol. The zero-order valence-corrected chi connectivity index (χ0v) is 13.3. The van der Waals surface area contributed by atoms with Gasteiger partial charge in [0.05, 0.1) is 17.8 Å². The zero-order valence-electron chi connectivity index (χ0n) is 12.4. The number of nitrogens with zero attached hydrogens (tertiary/aromatic N) is 2. The van der Waals surface area contributed by atoms with Gasteiger partial charge < -0.3 is 10.3 Å². The molecule has 3 aromatic rings. The Labute approximate surface area is 131 Å². The number of aromatic amines is 2. The van der Waals surface area contributed by atoms with Gasteiger partial charge in [0.25, 0.3) is 5.56 Å². The number of hydrogen-bond donors (Lipinski definition) is 3. The van der Waals surface area contributed by atoms with Gasteiger partial charge in [-0.2, -0.15) is 5.10 Å². The van der Waals surface area contributed by atoms with E-state index in [-0.39, 0.29) is 11.6 Å². The standard InChI is InChI=1S/C15H17N5OS/c1-4-10(16-5-2)14-18-11-6-12(9-7-17-20-8(9)3)22-13(11)15(21)19-14/h5-7,10,16H,2,4H2,1,3H3,(H,17,20)(H,18,19,21)/t10-/m0/s1. The van der Waals surface area contributed by atoms with Crippen LogP contribution in [0.15, 0.2) is 29.8 Å². The average molecular weight is 315 g/mol. The Morgan fingerprint density at radius 2 is 2.36 bits per heavy atom. The zero-order chi connectivity index (χ0) is 15.7. The number of fused-ring (bicyclic) bond motifs is 1. The molecule has 0 unspecified atom stereocenters. The Kier molecular flexibility index (Phi) is 3.81. The van der Waals surface area contributed by atoms with Crippen molar-refractivity contribution in [3.63, 3.8) is 0 Å². The van der Waals surface area contributed by atoms with Crippen molar-refractivity contribution >= 4 is 21.6 Å². The summed E-state index contributed by atoms with van der Waals surface area (Å²) in [5.74, 6) is 0.633. The first-order valence-corrected chi connectivity index (χ1v) is 7.86. The lowest BCUT2D eigenvalue weighted by Gasteiger charge is -2.13. The summed E-state index contributed by atoms with van der Waals surface area (Å²) < 4.78 is 0.632. The number of aryl methyl sites for hydroxylation is 1. The van der Waals surface area contributed by atoms with E-state index in [1.54, 1.807) is 12.4 Å². The summed E-state index contributed by atoms with van der Waals surface area (Å²) in [6.45, 7) is 7.65. The highest BCUT2D eigenvalue weighted by Crippen LogP contribution is 2.32. The number of hydrogen-bond acceptors (Lipinski definition) is 5. The largest absolute Gasteiger partial charge is 0.382 e. The van der Waals surface area contributed by atoms with Gasteiger partial charge in [0.2, 0.25) is 0 Å². The third-order valence-electron chi connectivity index (χ3n) is 3.55. The topological polar surface area (TPSA) is 86.5 Å². The second kappa shape index (κ2) is 5.76. The Bertz CT molecular complexity index is 876. The molecule has 0 aliphatic rings. The van der Waals surface area contributed by atoms with Crippen molar-refractivity contribution in [2.24, 2.45) is 0 Å². The Hall–Kier alpha value is -2.41. The van der Waals surface area contributed by atoms with Gasteiger partial charge >= 0.3 is 0 Å². The van der Waals surface area contributed by atoms with Crippen molar-refractivity contribution in [3.8, 4) is 10.4 Å². The minimum Gasteiger partial charge on any atom is -0.382 e. The number of nitrogens with one attached hydrogen (secondary N) is 3. The molecule has 0 aliphatic heterocycles. The second-order valence-corrected chi connectivity index (χ2v) is 6.07. The molecule has 22 heavy (non-hydrogen) atoms. The summed E-state index contributed by atoms with van der Waals surface area (Å²) in [5, 5.41) is 10.0. The third-order valence-corrected chi connectivity index (χ3v) is 4.71. The van der Waals surface area contributed by atoms with Gasteiger partial charge in [-0.25, -0.2) is 4.98 Å². The summed E-state index contributed by atoms with van der Waals surface area (Å²) in [6, 6.07) is 1.89. The van der Waals surface area contributed by atoms with Crippen LogP contribution in [0.25, 0.3) is 20.7 Å². The summed E-state index contributed by atoms with van der Waals surface area (Å²) >= 11 is 1.43. The molecule has 0 spiro atoms. The number of H-pyrrole nitrogens is 2. The minimum absolute atomic E-state index is 0.0476. The maximum absolute atomic E-state index is 12.3. The van der Waals surface area contributed by atoms with Crippen LogP contribution in [-0.4, -0.2) is 20.2 Å². The number of aromatic nitrogens is 4. The van der Waals surface area contributed by atoms with Crippen molar-refractivity contribution in [2.75, 3.05) is 0 Å². The van der Waals surface area contributed by atoms with Gasteiger partial charge in [0.1, 0.15) is 10.5 Å². The maximum atomic E-state index is 12.3. The van der Waals surface area contributed by atoms with Crippen LogP contribution in [0.5, 0.6) is 0 Å². The van der Waals surface area contributed by atoms with Crippen molar-refractivity contribution in [3.05, 3.63) is 46.9 Å². The molecule has 0 fully saturated rings. The van der Waals surface area contributed by atoms with E-state index in [0.29, 0.717) is 16.0 Å². The van der Waals surface area contributed by atoms with Gasteiger partial charge in [0.15, 0.2) is 0 Å². The number of thiophene rings is 1. The summed E-state index contributed by atoms with van der Waals surface area (Å²) in [4.78, 5) is 20.8. The molecule has 0 aliphatic carbocycles. The molecular formula is C15H17N5OS. The van der Waals surface area contributed by atoms with E-state index in [4.69, 9.17) is 0 Å². The molecule has 1 atom stereocenters. The summed E-state index contributed by atoms with van der Waals surface area (Å²) in [5.41, 5.74) is 2.58. The molecule has 0 bridgehead atoms. The molecule has 0 saturated heterocycles. The van der Waals surface area contributed by atoms with Crippen LogP contribution in [0.3, 0.4) is 0 Å². The molecule has 7 heteroatoms. The molecule has 0 saturated carbocycles. The van der Waals surface area contributed by atoms with Crippen LogP contribution in [0.1, 0.15) is 30.9 Å². The lowest BCUT2D eigenvalue weighted by Crippen LogP contribution is -2.21. The van der Waals surface area contributed by atoms with E-state index in [1.165, 1.54) is 11.3 Å². The van der Waals surface area contributed by atoms with Gasteiger partial charge in [-0.1, -0.05) is 13.5 Å². The van der Waals surface area contributed by atoms with Crippen LogP contribution >= 0.6 is 11.3 Å².